The lowest BCUT2D eigenvalue weighted by Gasteiger charge is -2.06. The summed E-state index contributed by atoms with van der Waals surface area (Å²) in [6.07, 6.45) is 0. The normalized spacial score (nSPS) is 10.9. The number of anilines is 1. The zero-order chi connectivity index (χ0) is 16.4. The number of nitrogens with one attached hydrogen (secondary N) is 1. The lowest BCUT2D eigenvalue weighted by molar-refractivity contribution is 0.531. The molecule has 0 spiro atoms. The predicted octanol–water partition coefficient (Wildman–Crippen LogP) is 6.47. The van der Waals surface area contributed by atoms with Crippen molar-refractivity contribution in [3.05, 3.63) is 89.1 Å². The van der Waals surface area contributed by atoms with Crippen LogP contribution in [0.3, 0.4) is 0 Å². The maximum Gasteiger partial charge on any atom is 0.134 e. The van der Waals surface area contributed by atoms with Gasteiger partial charge in [-0.3, -0.25) is 0 Å². The maximum atomic E-state index is 5.94. The minimum Gasteiger partial charge on any atom is -0.459 e. The first kappa shape index (κ1) is 15.0. The molecule has 0 fully saturated rings. The van der Waals surface area contributed by atoms with Crippen molar-refractivity contribution in [3.63, 3.8) is 0 Å². The molecular weight excluding hydrogens is 362 g/mol. The van der Waals surface area contributed by atoms with Gasteiger partial charge in [0.25, 0.3) is 0 Å². The quantitative estimate of drug-likeness (QED) is 0.440. The Morgan fingerprint density at radius 2 is 1.58 bits per heavy atom. The Labute approximate surface area is 149 Å². The third-order valence-electron chi connectivity index (χ3n) is 4.01. The molecule has 0 saturated carbocycles. The van der Waals surface area contributed by atoms with Gasteiger partial charge in [0.1, 0.15) is 11.5 Å². The first-order valence-corrected chi connectivity index (χ1v) is 8.64. The van der Waals surface area contributed by atoms with Gasteiger partial charge in [-0.25, -0.2) is 0 Å². The van der Waals surface area contributed by atoms with Gasteiger partial charge in [-0.2, -0.15) is 0 Å². The molecule has 1 aromatic heterocycles. The Hall–Kier alpha value is -2.52. The Morgan fingerprint density at radius 1 is 0.792 bits per heavy atom. The standard InChI is InChI=1S/C21H16BrNO/c22-18-8-5-16(6-9-18)21-12-11-20(24-21)14-23-19-10-7-15-3-1-2-4-17(15)13-19/h1-13,23H,14H2. The molecule has 3 aromatic carbocycles. The fourth-order valence-corrected chi connectivity index (χ4v) is 3.00. The van der Waals surface area contributed by atoms with Crippen molar-refractivity contribution >= 4 is 32.4 Å². The van der Waals surface area contributed by atoms with Crippen LogP contribution in [0, 0.1) is 0 Å². The number of hydrogen-bond acceptors (Lipinski definition) is 2. The van der Waals surface area contributed by atoms with Crippen molar-refractivity contribution in [1.29, 1.82) is 0 Å². The Balaban J connectivity index is 1.48. The van der Waals surface area contributed by atoms with Crippen molar-refractivity contribution in [3.8, 4) is 11.3 Å². The van der Waals surface area contributed by atoms with E-state index in [1.54, 1.807) is 0 Å². The first-order chi connectivity index (χ1) is 11.8. The van der Waals surface area contributed by atoms with E-state index in [2.05, 4.69) is 63.7 Å². The fraction of sp³-hybridized carbons (Fsp3) is 0.0476. The highest BCUT2D eigenvalue weighted by Gasteiger charge is 2.05. The zero-order valence-electron chi connectivity index (χ0n) is 13.0. The summed E-state index contributed by atoms with van der Waals surface area (Å²) < 4.78 is 7.01. The van der Waals surface area contributed by atoms with Crippen LogP contribution in [0.25, 0.3) is 22.1 Å². The van der Waals surface area contributed by atoms with Crippen LogP contribution in [0.1, 0.15) is 5.76 Å². The van der Waals surface area contributed by atoms with Gasteiger partial charge in [0.15, 0.2) is 0 Å². The molecule has 118 valence electrons. The molecule has 0 amide bonds. The van der Waals surface area contributed by atoms with Crippen LogP contribution in [0.4, 0.5) is 5.69 Å². The number of furan rings is 1. The van der Waals surface area contributed by atoms with Crippen molar-refractivity contribution < 1.29 is 4.42 Å². The van der Waals surface area contributed by atoms with Gasteiger partial charge in [-0.1, -0.05) is 58.4 Å². The molecule has 4 rings (SSSR count). The minimum absolute atomic E-state index is 0.662. The van der Waals surface area contributed by atoms with E-state index < -0.39 is 0 Å². The van der Waals surface area contributed by atoms with Crippen molar-refractivity contribution in [2.24, 2.45) is 0 Å². The predicted molar refractivity (Wildman–Crippen MR) is 103 cm³/mol. The molecule has 1 heterocycles. The monoisotopic (exact) mass is 377 g/mol. The Morgan fingerprint density at radius 3 is 2.42 bits per heavy atom. The number of benzene rings is 3. The average molecular weight is 378 g/mol. The number of rotatable bonds is 4. The Bertz CT molecular complexity index is 972. The maximum absolute atomic E-state index is 5.94. The molecule has 0 atom stereocenters. The zero-order valence-corrected chi connectivity index (χ0v) is 14.6. The van der Waals surface area contributed by atoms with E-state index in [1.807, 2.05) is 36.4 Å². The summed E-state index contributed by atoms with van der Waals surface area (Å²) in [5.74, 6) is 1.80. The summed E-state index contributed by atoms with van der Waals surface area (Å²) in [7, 11) is 0. The van der Waals surface area contributed by atoms with E-state index in [0.29, 0.717) is 6.54 Å². The second-order valence-electron chi connectivity index (χ2n) is 5.69. The second-order valence-corrected chi connectivity index (χ2v) is 6.60. The highest BCUT2D eigenvalue weighted by molar-refractivity contribution is 9.10. The second kappa shape index (κ2) is 6.54. The minimum atomic E-state index is 0.662. The molecule has 4 aromatic rings. The van der Waals surface area contributed by atoms with Crippen LogP contribution in [0.15, 0.2) is 87.8 Å². The van der Waals surface area contributed by atoms with Crippen LogP contribution in [-0.4, -0.2) is 0 Å². The molecule has 1 N–H and O–H groups in total. The van der Waals surface area contributed by atoms with Gasteiger partial charge in [0.2, 0.25) is 0 Å². The molecule has 24 heavy (non-hydrogen) atoms. The molecule has 2 nitrogen and oxygen atoms in total. The van der Waals surface area contributed by atoms with Gasteiger partial charge in [-0.15, -0.1) is 0 Å². The average Bonchev–Trinajstić information content (AvgIpc) is 3.09. The van der Waals surface area contributed by atoms with Gasteiger partial charge < -0.3 is 9.73 Å². The fourth-order valence-electron chi connectivity index (χ4n) is 2.73. The molecule has 0 unspecified atom stereocenters. The van der Waals surface area contributed by atoms with E-state index in [4.69, 9.17) is 4.42 Å². The molecular formula is C21H16BrNO. The molecule has 0 aliphatic heterocycles. The molecule has 3 heteroatoms. The van der Waals surface area contributed by atoms with Gasteiger partial charge >= 0.3 is 0 Å². The van der Waals surface area contributed by atoms with E-state index in [0.717, 1.165) is 27.2 Å². The number of fused-ring (bicyclic) bond motifs is 1. The summed E-state index contributed by atoms with van der Waals surface area (Å²) in [5.41, 5.74) is 2.17. The molecule has 0 aliphatic carbocycles. The number of hydrogen-bond donors (Lipinski definition) is 1. The van der Waals surface area contributed by atoms with Crippen LogP contribution < -0.4 is 5.32 Å². The van der Waals surface area contributed by atoms with Crippen LogP contribution >= 0.6 is 15.9 Å². The molecule has 0 radical (unpaired) electrons. The van der Waals surface area contributed by atoms with Crippen LogP contribution in [-0.2, 0) is 6.54 Å². The van der Waals surface area contributed by atoms with E-state index in [-0.39, 0.29) is 0 Å². The molecule has 0 aliphatic rings. The number of halogens is 1. The van der Waals surface area contributed by atoms with Crippen molar-refractivity contribution in [2.45, 2.75) is 6.54 Å². The smallest absolute Gasteiger partial charge is 0.134 e. The van der Waals surface area contributed by atoms with E-state index in [9.17, 15) is 0 Å². The Kier molecular flexibility index (Phi) is 4.09. The highest BCUT2D eigenvalue weighted by Crippen LogP contribution is 2.25. The first-order valence-electron chi connectivity index (χ1n) is 7.85. The topological polar surface area (TPSA) is 25.2 Å². The SMILES string of the molecule is Brc1ccc(-c2ccc(CNc3ccc4ccccc4c3)o2)cc1. The third-order valence-corrected chi connectivity index (χ3v) is 4.54. The van der Waals surface area contributed by atoms with Crippen LogP contribution in [0.2, 0.25) is 0 Å². The lowest BCUT2D eigenvalue weighted by Crippen LogP contribution is -1.97. The van der Waals surface area contributed by atoms with Crippen molar-refractivity contribution in [1.82, 2.24) is 0 Å². The summed E-state index contributed by atoms with van der Waals surface area (Å²) in [6, 6.07) is 26.9. The lowest BCUT2D eigenvalue weighted by atomic mass is 10.1. The largest absolute Gasteiger partial charge is 0.459 e. The van der Waals surface area contributed by atoms with Gasteiger partial charge in [0, 0.05) is 15.7 Å². The molecule has 0 saturated heterocycles. The van der Waals surface area contributed by atoms with Crippen molar-refractivity contribution in [2.75, 3.05) is 5.32 Å². The van der Waals surface area contributed by atoms with Crippen LogP contribution in [0.5, 0.6) is 0 Å². The summed E-state index contributed by atoms with van der Waals surface area (Å²) in [5, 5.41) is 5.91. The summed E-state index contributed by atoms with van der Waals surface area (Å²) in [6.45, 7) is 0.662. The molecule has 0 bridgehead atoms. The summed E-state index contributed by atoms with van der Waals surface area (Å²) in [4.78, 5) is 0. The third kappa shape index (κ3) is 3.22. The van der Waals surface area contributed by atoms with Gasteiger partial charge in [-0.05, 0) is 47.2 Å². The van der Waals surface area contributed by atoms with Gasteiger partial charge in [0.05, 0.1) is 6.54 Å². The highest BCUT2D eigenvalue weighted by atomic mass is 79.9. The summed E-state index contributed by atoms with van der Waals surface area (Å²) >= 11 is 3.45. The van der Waals surface area contributed by atoms with E-state index in [1.165, 1.54) is 10.8 Å². The van der Waals surface area contributed by atoms with E-state index >= 15 is 0 Å².